The van der Waals surface area contributed by atoms with Crippen LogP contribution in [-0.2, 0) is 11.3 Å². The first kappa shape index (κ1) is 19.1. The van der Waals surface area contributed by atoms with Gasteiger partial charge in [0.2, 0.25) is 11.7 Å². The molecule has 0 radical (unpaired) electrons. The van der Waals surface area contributed by atoms with Gasteiger partial charge < -0.3 is 14.2 Å². The van der Waals surface area contributed by atoms with E-state index in [9.17, 15) is 4.79 Å². The summed E-state index contributed by atoms with van der Waals surface area (Å²) in [7, 11) is 1.67. The first-order valence-corrected chi connectivity index (χ1v) is 9.24. The van der Waals surface area contributed by atoms with Gasteiger partial charge in [-0.3, -0.25) is 4.79 Å². The number of nitrogens with zero attached hydrogens (tertiary/aromatic N) is 3. The smallest absolute Gasteiger partial charge is 0.260 e. The van der Waals surface area contributed by atoms with E-state index in [2.05, 4.69) is 26.1 Å². The van der Waals surface area contributed by atoms with Crippen molar-refractivity contribution >= 4 is 21.8 Å². The highest BCUT2D eigenvalue weighted by Gasteiger charge is 2.15. The van der Waals surface area contributed by atoms with Crippen molar-refractivity contribution in [3.05, 3.63) is 64.0 Å². The Labute approximate surface area is 166 Å². The van der Waals surface area contributed by atoms with Crippen molar-refractivity contribution in [3.8, 4) is 17.1 Å². The lowest BCUT2D eigenvalue weighted by Crippen LogP contribution is -2.31. The summed E-state index contributed by atoms with van der Waals surface area (Å²) in [6.07, 6.45) is 0. The maximum absolute atomic E-state index is 12.3. The molecule has 27 heavy (non-hydrogen) atoms. The summed E-state index contributed by atoms with van der Waals surface area (Å²) in [6.45, 7) is 4.15. The molecule has 0 aliphatic carbocycles. The molecular weight excluding hydrogens is 410 g/mol. The van der Waals surface area contributed by atoms with E-state index in [1.54, 1.807) is 7.05 Å². The summed E-state index contributed by atoms with van der Waals surface area (Å²) in [4.78, 5) is 18.1. The molecule has 0 unspecified atom stereocenters. The van der Waals surface area contributed by atoms with Crippen molar-refractivity contribution in [1.29, 1.82) is 0 Å². The lowest BCUT2D eigenvalue weighted by atomic mass is 10.1. The van der Waals surface area contributed by atoms with Crippen LogP contribution in [0.3, 0.4) is 0 Å². The monoisotopic (exact) mass is 429 g/mol. The number of amides is 1. The van der Waals surface area contributed by atoms with Crippen LogP contribution in [0.4, 0.5) is 0 Å². The van der Waals surface area contributed by atoms with Gasteiger partial charge in [0.25, 0.3) is 5.91 Å². The number of aryl methyl sites for hydroxylation is 2. The summed E-state index contributed by atoms with van der Waals surface area (Å²) < 4.78 is 11.8. The molecule has 1 heterocycles. The third-order valence-electron chi connectivity index (χ3n) is 4.07. The number of halogens is 1. The molecule has 0 spiro atoms. The Bertz CT molecular complexity index is 938. The van der Waals surface area contributed by atoms with Gasteiger partial charge in [0.15, 0.2) is 6.61 Å². The Kier molecular flexibility index (Phi) is 5.91. The van der Waals surface area contributed by atoms with E-state index in [1.807, 2.05) is 56.3 Å². The quantitative estimate of drug-likeness (QED) is 0.588. The van der Waals surface area contributed by atoms with Crippen molar-refractivity contribution in [1.82, 2.24) is 15.0 Å². The minimum Gasteiger partial charge on any atom is -0.484 e. The van der Waals surface area contributed by atoms with E-state index < -0.39 is 0 Å². The lowest BCUT2D eigenvalue weighted by Gasteiger charge is -2.15. The summed E-state index contributed by atoms with van der Waals surface area (Å²) >= 11 is 3.44. The van der Waals surface area contributed by atoms with Crippen molar-refractivity contribution in [3.63, 3.8) is 0 Å². The highest BCUT2D eigenvalue weighted by molar-refractivity contribution is 9.10. The first-order valence-electron chi connectivity index (χ1n) is 8.45. The number of aromatic nitrogens is 2. The number of carbonyl (C=O) groups is 1. The first-order chi connectivity index (χ1) is 12.9. The van der Waals surface area contributed by atoms with Gasteiger partial charge in [0, 0.05) is 17.1 Å². The Balaban J connectivity index is 1.56. The fraction of sp³-hybridized carbons (Fsp3) is 0.250. The molecule has 1 amide bonds. The maximum Gasteiger partial charge on any atom is 0.260 e. The molecule has 7 heteroatoms. The van der Waals surface area contributed by atoms with Crippen molar-refractivity contribution in [2.45, 2.75) is 20.4 Å². The van der Waals surface area contributed by atoms with Crippen LogP contribution in [0, 0.1) is 13.8 Å². The molecule has 2 aromatic carbocycles. The average molecular weight is 430 g/mol. The molecule has 0 N–H and O–H groups in total. The largest absolute Gasteiger partial charge is 0.484 e. The van der Waals surface area contributed by atoms with E-state index in [4.69, 9.17) is 9.26 Å². The number of rotatable bonds is 6. The molecular formula is C20H20BrN3O3. The summed E-state index contributed by atoms with van der Waals surface area (Å²) in [5.41, 5.74) is 3.08. The zero-order valence-corrected chi connectivity index (χ0v) is 17.0. The van der Waals surface area contributed by atoms with E-state index in [0.29, 0.717) is 17.5 Å². The fourth-order valence-corrected chi connectivity index (χ4v) is 2.64. The maximum atomic E-state index is 12.3. The molecule has 6 nitrogen and oxygen atoms in total. The van der Waals surface area contributed by atoms with E-state index in [0.717, 1.165) is 21.2 Å². The highest BCUT2D eigenvalue weighted by atomic mass is 79.9. The van der Waals surface area contributed by atoms with Gasteiger partial charge in [-0.25, -0.2) is 0 Å². The van der Waals surface area contributed by atoms with Gasteiger partial charge >= 0.3 is 0 Å². The Morgan fingerprint density at radius 1 is 1.19 bits per heavy atom. The van der Waals surface area contributed by atoms with Crippen molar-refractivity contribution in [2.24, 2.45) is 0 Å². The highest BCUT2D eigenvalue weighted by Crippen LogP contribution is 2.21. The standard InChI is InChI=1S/C20H20BrN3O3/c1-13-4-6-15(7-5-13)20-22-18(27-23-20)11-24(3)19(25)12-26-16-8-9-17(21)14(2)10-16/h4-10H,11-12H2,1-3H3. The van der Waals surface area contributed by atoms with Crippen LogP contribution >= 0.6 is 15.9 Å². The zero-order chi connectivity index (χ0) is 19.4. The number of likely N-dealkylation sites (N-methyl/N-ethyl adjacent to an activating group) is 1. The van der Waals surface area contributed by atoms with Gasteiger partial charge in [-0.1, -0.05) is 50.9 Å². The minimum atomic E-state index is -0.175. The van der Waals surface area contributed by atoms with E-state index in [-0.39, 0.29) is 19.1 Å². The molecule has 0 aliphatic heterocycles. The summed E-state index contributed by atoms with van der Waals surface area (Å²) in [5.74, 6) is 1.36. The van der Waals surface area contributed by atoms with Crippen LogP contribution in [0.25, 0.3) is 11.4 Å². The molecule has 0 atom stereocenters. The van der Waals surface area contributed by atoms with Crippen molar-refractivity contribution < 1.29 is 14.1 Å². The zero-order valence-electron chi connectivity index (χ0n) is 15.4. The molecule has 0 aliphatic rings. The Morgan fingerprint density at radius 2 is 1.93 bits per heavy atom. The molecule has 1 aromatic heterocycles. The number of benzene rings is 2. The summed E-state index contributed by atoms with van der Waals surface area (Å²) in [6, 6.07) is 13.4. The van der Waals surface area contributed by atoms with Gasteiger partial charge in [-0.15, -0.1) is 0 Å². The average Bonchev–Trinajstić information content (AvgIpc) is 3.11. The Morgan fingerprint density at radius 3 is 2.63 bits per heavy atom. The molecule has 0 saturated carbocycles. The third kappa shape index (κ3) is 4.95. The van der Waals surface area contributed by atoms with Gasteiger partial charge in [0.1, 0.15) is 5.75 Å². The van der Waals surface area contributed by atoms with E-state index in [1.165, 1.54) is 4.90 Å². The topological polar surface area (TPSA) is 68.5 Å². The second-order valence-electron chi connectivity index (χ2n) is 6.33. The number of carbonyl (C=O) groups excluding carboxylic acids is 1. The Hall–Kier alpha value is -2.67. The second kappa shape index (κ2) is 8.35. The lowest BCUT2D eigenvalue weighted by molar-refractivity contribution is -0.132. The normalized spacial score (nSPS) is 10.7. The van der Waals surface area contributed by atoms with Gasteiger partial charge in [-0.05, 0) is 37.6 Å². The molecule has 140 valence electrons. The molecule has 0 saturated heterocycles. The van der Waals surface area contributed by atoms with Crippen LogP contribution in [0.2, 0.25) is 0 Å². The van der Waals surface area contributed by atoms with Crippen molar-refractivity contribution in [2.75, 3.05) is 13.7 Å². The van der Waals surface area contributed by atoms with Gasteiger partial charge in [-0.2, -0.15) is 4.98 Å². The SMILES string of the molecule is Cc1ccc(-c2noc(CN(C)C(=O)COc3ccc(Br)c(C)c3)n2)cc1. The molecule has 0 bridgehead atoms. The second-order valence-corrected chi connectivity index (χ2v) is 7.18. The van der Waals surface area contributed by atoms with Crippen LogP contribution < -0.4 is 4.74 Å². The van der Waals surface area contributed by atoms with E-state index >= 15 is 0 Å². The summed E-state index contributed by atoms with van der Waals surface area (Å²) in [5, 5.41) is 3.98. The fourth-order valence-electron chi connectivity index (χ4n) is 2.39. The number of ether oxygens (including phenoxy) is 1. The predicted octanol–water partition coefficient (Wildman–Crippen LogP) is 4.15. The van der Waals surface area contributed by atoms with Crippen LogP contribution in [-0.4, -0.2) is 34.6 Å². The number of hydrogen-bond donors (Lipinski definition) is 0. The predicted molar refractivity (Wildman–Crippen MR) is 105 cm³/mol. The van der Waals surface area contributed by atoms with Crippen LogP contribution in [0.5, 0.6) is 5.75 Å². The molecule has 3 rings (SSSR count). The third-order valence-corrected chi connectivity index (χ3v) is 4.96. The molecule has 3 aromatic rings. The van der Waals surface area contributed by atoms with Crippen LogP contribution in [0.1, 0.15) is 17.0 Å². The molecule has 0 fully saturated rings. The van der Waals surface area contributed by atoms with Gasteiger partial charge in [0.05, 0.1) is 6.54 Å². The van der Waals surface area contributed by atoms with Crippen LogP contribution in [0.15, 0.2) is 51.5 Å². The minimum absolute atomic E-state index is 0.0590. The number of hydrogen-bond acceptors (Lipinski definition) is 5.